The molecular formula is C17H16FNO. The van der Waals surface area contributed by atoms with E-state index in [0.29, 0.717) is 17.7 Å². The maximum Gasteiger partial charge on any atom is 0.130 e. The summed E-state index contributed by atoms with van der Waals surface area (Å²) >= 11 is 0. The van der Waals surface area contributed by atoms with Crippen LogP contribution in [0.4, 0.5) is 4.39 Å². The third kappa shape index (κ3) is 4.18. The van der Waals surface area contributed by atoms with Gasteiger partial charge in [-0.05, 0) is 30.5 Å². The molecule has 0 unspecified atom stereocenters. The maximum absolute atomic E-state index is 13.6. The maximum atomic E-state index is 13.6. The van der Waals surface area contributed by atoms with E-state index in [1.807, 2.05) is 24.3 Å². The summed E-state index contributed by atoms with van der Waals surface area (Å²) in [6.45, 7) is 0.834. The van der Waals surface area contributed by atoms with Crippen molar-refractivity contribution < 1.29 is 9.13 Å². The molecule has 0 aliphatic heterocycles. The molecule has 0 bridgehead atoms. The minimum Gasteiger partial charge on any atom is -0.377 e. The molecule has 2 aromatic carbocycles. The Kier molecular flexibility index (Phi) is 5.28. The lowest BCUT2D eigenvalue weighted by molar-refractivity contribution is 0.116. The van der Waals surface area contributed by atoms with E-state index in [1.54, 1.807) is 12.1 Å². The van der Waals surface area contributed by atoms with Crippen molar-refractivity contribution in [2.24, 2.45) is 0 Å². The molecule has 0 aliphatic rings. The highest BCUT2D eigenvalue weighted by Gasteiger charge is 2.03. The lowest BCUT2D eigenvalue weighted by atomic mass is 10.1. The molecule has 0 atom stereocenters. The van der Waals surface area contributed by atoms with Gasteiger partial charge in [0, 0.05) is 12.2 Å². The minimum absolute atomic E-state index is 0.242. The zero-order valence-corrected chi connectivity index (χ0v) is 11.2. The van der Waals surface area contributed by atoms with E-state index in [2.05, 4.69) is 12.1 Å². The molecule has 0 saturated heterocycles. The van der Waals surface area contributed by atoms with E-state index in [1.165, 1.54) is 11.6 Å². The third-order valence-corrected chi connectivity index (χ3v) is 3.04. The monoisotopic (exact) mass is 269 g/mol. The fraction of sp³-hybridized carbons (Fsp3) is 0.235. The van der Waals surface area contributed by atoms with Crippen LogP contribution >= 0.6 is 0 Å². The van der Waals surface area contributed by atoms with Crippen molar-refractivity contribution in [3.8, 4) is 6.07 Å². The summed E-state index contributed by atoms with van der Waals surface area (Å²) < 4.78 is 19.1. The molecule has 0 spiro atoms. The second-order valence-electron chi connectivity index (χ2n) is 4.56. The highest BCUT2D eigenvalue weighted by molar-refractivity contribution is 5.32. The Hall–Kier alpha value is -2.18. The minimum atomic E-state index is -0.382. The van der Waals surface area contributed by atoms with Crippen molar-refractivity contribution in [1.29, 1.82) is 5.26 Å². The van der Waals surface area contributed by atoms with Gasteiger partial charge >= 0.3 is 0 Å². The van der Waals surface area contributed by atoms with Crippen molar-refractivity contribution in [1.82, 2.24) is 0 Å². The number of hydrogen-bond acceptors (Lipinski definition) is 2. The van der Waals surface area contributed by atoms with Crippen LogP contribution in [0, 0.1) is 17.1 Å². The highest BCUT2D eigenvalue weighted by Crippen LogP contribution is 2.11. The zero-order chi connectivity index (χ0) is 14.2. The molecule has 3 heteroatoms. The summed E-state index contributed by atoms with van der Waals surface area (Å²) in [5, 5.41) is 8.66. The number of aryl methyl sites for hydroxylation is 1. The SMILES string of the molecule is N#Cc1ccc(COCCCc2ccccc2)c(F)c1. The Morgan fingerprint density at radius 3 is 2.60 bits per heavy atom. The number of nitrogens with zero attached hydrogens (tertiary/aromatic N) is 1. The molecular weight excluding hydrogens is 253 g/mol. The molecule has 0 aliphatic carbocycles. The van der Waals surface area contributed by atoms with Gasteiger partial charge in [-0.1, -0.05) is 36.4 Å². The van der Waals surface area contributed by atoms with Crippen molar-refractivity contribution in [3.05, 3.63) is 71.0 Å². The molecule has 0 saturated carbocycles. The molecule has 0 heterocycles. The van der Waals surface area contributed by atoms with Gasteiger partial charge < -0.3 is 4.74 Å². The number of ether oxygens (including phenoxy) is 1. The molecule has 20 heavy (non-hydrogen) atoms. The van der Waals surface area contributed by atoms with Gasteiger partial charge in [0.1, 0.15) is 5.82 Å². The molecule has 0 radical (unpaired) electrons. The average molecular weight is 269 g/mol. The van der Waals surface area contributed by atoms with Gasteiger partial charge in [0.25, 0.3) is 0 Å². The van der Waals surface area contributed by atoms with E-state index in [-0.39, 0.29) is 12.4 Å². The summed E-state index contributed by atoms with van der Waals surface area (Å²) in [6.07, 6.45) is 1.86. The summed E-state index contributed by atoms with van der Waals surface area (Å²) in [7, 11) is 0. The first kappa shape index (κ1) is 14.2. The topological polar surface area (TPSA) is 33.0 Å². The first-order valence-corrected chi connectivity index (χ1v) is 6.60. The second kappa shape index (κ2) is 7.42. The predicted molar refractivity (Wildman–Crippen MR) is 75.5 cm³/mol. The molecule has 0 fully saturated rings. The number of halogens is 1. The van der Waals surface area contributed by atoms with Crippen molar-refractivity contribution in [2.75, 3.05) is 6.61 Å². The number of benzene rings is 2. The van der Waals surface area contributed by atoms with Crippen LogP contribution in [0.5, 0.6) is 0 Å². The number of nitriles is 1. The van der Waals surface area contributed by atoms with E-state index >= 15 is 0 Å². The molecule has 0 amide bonds. The van der Waals surface area contributed by atoms with Crippen LogP contribution in [0.1, 0.15) is 23.1 Å². The molecule has 0 aromatic heterocycles. The molecule has 2 nitrogen and oxygen atoms in total. The van der Waals surface area contributed by atoms with Gasteiger partial charge in [-0.2, -0.15) is 5.26 Å². The summed E-state index contributed by atoms with van der Waals surface area (Å²) in [5.74, 6) is -0.382. The Morgan fingerprint density at radius 1 is 1.10 bits per heavy atom. The van der Waals surface area contributed by atoms with Gasteiger partial charge in [0.2, 0.25) is 0 Å². The van der Waals surface area contributed by atoms with Crippen LogP contribution < -0.4 is 0 Å². The van der Waals surface area contributed by atoms with Crippen LogP contribution in [0.25, 0.3) is 0 Å². The highest BCUT2D eigenvalue weighted by atomic mass is 19.1. The van der Waals surface area contributed by atoms with Crippen LogP contribution in [0.3, 0.4) is 0 Å². The van der Waals surface area contributed by atoms with Crippen LogP contribution in [0.2, 0.25) is 0 Å². The Bertz CT molecular complexity index is 590. The van der Waals surface area contributed by atoms with E-state index < -0.39 is 0 Å². The first-order valence-electron chi connectivity index (χ1n) is 6.60. The van der Waals surface area contributed by atoms with E-state index in [9.17, 15) is 4.39 Å². The summed E-state index contributed by atoms with van der Waals surface area (Å²) in [6, 6.07) is 16.5. The van der Waals surface area contributed by atoms with Gasteiger partial charge in [0.05, 0.1) is 18.2 Å². The van der Waals surface area contributed by atoms with Crippen molar-refractivity contribution in [3.63, 3.8) is 0 Å². The Balaban J connectivity index is 1.72. The Morgan fingerprint density at radius 2 is 1.90 bits per heavy atom. The van der Waals surface area contributed by atoms with Gasteiger partial charge in [-0.25, -0.2) is 4.39 Å². The van der Waals surface area contributed by atoms with E-state index in [0.717, 1.165) is 12.8 Å². The lowest BCUT2D eigenvalue weighted by Crippen LogP contribution is -1.99. The van der Waals surface area contributed by atoms with Crippen molar-refractivity contribution >= 4 is 0 Å². The average Bonchev–Trinajstić information content (AvgIpc) is 2.49. The molecule has 0 N–H and O–H groups in total. The largest absolute Gasteiger partial charge is 0.377 e. The molecule has 2 rings (SSSR count). The van der Waals surface area contributed by atoms with Crippen LogP contribution in [0.15, 0.2) is 48.5 Å². The predicted octanol–water partition coefficient (Wildman–Crippen LogP) is 3.85. The standard InChI is InChI=1S/C17H16FNO/c18-17-11-15(12-19)8-9-16(17)13-20-10-4-7-14-5-2-1-3-6-14/h1-3,5-6,8-9,11H,4,7,10,13H2. The lowest BCUT2D eigenvalue weighted by Gasteiger charge is -2.06. The first-order chi connectivity index (χ1) is 9.79. The molecule has 2 aromatic rings. The third-order valence-electron chi connectivity index (χ3n) is 3.04. The smallest absolute Gasteiger partial charge is 0.130 e. The summed E-state index contributed by atoms with van der Waals surface area (Å²) in [4.78, 5) is 0. The number of hydrogen-bond donors (Lipinski definition) is 0. The quantitative estimate of drug-likeness (QED) is 0.746. The van der Waals surface area contributed by atoms with Crippen LogP contribution in [-0.2, 0) is 17.8 Å². The van der Waals surface area contributed by atoms with Crippen LogP contribution in [-0.4, -0.2) is 6.61 Å². The molecule has 102 valence electrons. The fourth-order valence-electron chi connectivity index (χ4n) is 1.94. The van der Waals surface area contributed by atoms with Gasteiger partial charge in [0.15, 0.2) is 0 Å². The van der Waals surface area contributed by atoms with Gasteiger partial charge in [-0.3, -0.25) is 0 Å². The normalized spacial score (nSPS) is 10.2. The Labute approximate surface area is 118 Å². The van der Waals surface area contributed by atoms with Gasteiger partial charge in [-0.15, -0.1) is 0 Å². The second-order valence-corrected chi connectivity index (χ2v) is 4.56. The van der Waals surface area contributed by atoms with Crippen molar-refractivity contribution in [2.45, 2.75) is 19.4 Å². The number of rotatable bonds is 6. The van der Waals surface area contributed by atoms with E-state index in [4.69, 9.17) is 10.00 Å². The fourth-order valence-corrected chi connectivity index (χ4v) is 1.94. The zero-order valence-electron chi connectivity index (χ0n) is 11.2. The summed E-state index contributed by atoms with van der Waals surface area (Å²) in [5.41, 5.74) is 2.10.